The number of rotatable bonds is 3. The summed E-state index contributed by atoms with van der Waals surface area (Å²) in [6.45, 7) is 4.31. The van der Waals surface area contributed by atoms with E-state index >= 15 is 0 Å². The van der Waals surface area contributed by atoms with Crippen LogP contribution in [0.5, 0.6) is 0 Å². The van der Waals surface area contributed by atoms with E-state index in [0.717, 1.165) is 11.1 Å². The van der Waals surface area contributed by atoms with Gasteiger partial charge in [0.1, 0.15) is 5.82 Å². The monoisotopic (exact) mass is 355 g/mol. The third-order valence-electron chi connectivity index (χ3n) is 4.48. The fraction of sp³-hybridized carbons (Fsp3) is 0.300. The van der Waals surface area contributed by atoms with Crippen LogP contribution in [-0.4, -0.2) is 47.9 Å². The van der Waals surface area contributed by atoms with Crippen molar-refractivity contribution < 1.29 is 14.0 Å². The maximum Gasteiger partial charge on any atom is 0.317 e. The van der Waals surface area contributed by atoms with Gasteiger partial charge in [-0.2, -0.15) is 0 Å². The van der Waals surface area contributed by atoms with Gasteiger partial charge in [-0.3, -0.25) is 4.79 Å². The Morgan fingerprint density at radius 1 is 1.00 bits per heavy atom. The van der Waals surface area contributed by atoms with Crippen molar-refractivity contribution in [3.05, 3.63) is 71.0 Å². The lowest BCUT2D eigenvalue weighted by molar-refractivity contribution is 0.0665. The van der Waals surface area contributed by atoms with Gasteiger partial charge in [0.15, 0.2) is 0 Å². The highest BCUT2D eigenvalue weighted by Gasteiger charge is 2.24. The summed E-state index contributed by atoms with van der Waals surface area (Å²) in [6.07, 6.45) is 0. The number of hydrogen-bond acceptors (Lipinski definition) is 2. The van der Waals surface area contributed by atoms with E-state index in [9.17, 15) is 14.0 Å². The van der Waals surface area contributed by atoms with Crippen LogP contribution in [0.2, 0.25) is 0 Å². The van der Waals surface area contributed by atoms with Crippen LogP contribution in [0.25, 0.3) is 0 Å². The molecule has 1 saturated heterocycles. The van der Waals surface area contributed by atoms with E-state index in [1.165, 1.54) is 12.1 Å². The van der Waals surface area contributed by atoms with Crippen molar-refractivity contribution in [2.24, 2.45) is 0 Å². The van der Waals surface area contributed by atoms with Crippen molar-refractivity contribution in [3.8, 4) is 0 Å². The van der Waals surface area contributed by atoms with E-state index in [1.807, 2.05) is 31.2 Å². The number of nitrogens with one attached hydrogen (secondary N) is 1. The molecule has 1 aliphatic rings. The molecule has 0 radical (unpaired) electrons. The number of carbonyl (C=O) groups excluding carboxylic acids is 2. The van der Waals surface area contributed by atoms with Gasteiger partial charge in [-0.1, -0.05) is 29.8 Å². The molecule has 1 aliphatic heterocycles. The summed E-state index contributed by atoms with van der Waals surface area (Å²) in [6, 6.07) is 13.4. The zero-order chi connectivity index (χ0) is 18.5. The molecule has 0 aliphatic carbocycles. The van der Waals surface area contributed by atoms with E-state index in [0.29, 0.717) is 38.3 Å². The first kappa shape index (κ1) is 17.9. The quantitative estimate of drug-likeness (QED) is 0.920. The number of urea groups is 1. The average molecular weight is 355 g/mol. The second-order valence-corrected chi connectivity index (χ2v) is 6.43. The predicted molar refractivity (Wildman–Crippen MR) is 97.3 cm³/mol. The van der Waals surface area contributed by atoms with Crippen molar-refractivity contribution >= 4 is 11.9 Å². The Morgan fingerprint density at radius 3 is 2.31 bits per heavy atom. The molecule has 3 amide bonds. The van der Waals surface area contributed by atoms with Crippen molar-refractivity contribution in [3.63, 3.8) is 0 Å². The Kier molecular flexibility index (Phi) is 5.51. The molecular formula is C20H22FN3O2. The third-order valence-corrected chi connectivity index (χ3v) is 4.48. The number of halogens is 1. The van der Waals surface area contributed by atoms with Gasteiger partial charge in [0, 0.05) is 38.3 Å². The smallest absolute Gasteiger partial charge is 0.317 e. The minimum Gasteiger partial charge on any atom is -0.335 e. The van der Waals surface area contributed by atoms with Gasteiger partial charge in [-0.25, -0.2) is 9.18 Å². The van der Waals surface area contributed by atoms with E-state index in [2.05, 4.69) is 5.32 Å². The number of aryl methyl sites for hydroxylation is 1. The van der Waals surface area contributed by atoms with Gasteiger partial charge < -0.3 is 15.1 Å². The lowest BCUT2D eigenvalue weighted by atomic mass is 10.1. The van der Waals surface area contributed by atoms with Crippen LogP contribution in [0.15, 0.2) is 48.5 Å². The highest BCUT2D eigenvalue weighted by atomic mass is 19.1. The SMILES string of the molecule is Cc1cccc(C(=O)N2CCN(C(=O)NCc3ccc(F)cc3)CC2)c1. The van der Waals surface area contributed by atoms with Crippen LogP contribution in [0.3, 0.4) is 0 Å². The van der Waals surface area contributed by atoms with Gasteiger partial charge in [-0.15, -0.1) is 0 Å². The molecule has 2 aromatic carbocycles. The molecule has 3 rings (SSSR count). The summed E-state index contributed by atoms with van der Waals surface area (Å²) in [4.78, 5) is 28.3. The largest absolute Gasteiger partial charge is 0.335 e. The zero-order valence-corrected chi connectivity index (χ0v) is 14.7. The topological polar surface area (TPSA) is 52.7 Å². The van der Waals surface area contributed by atoms with Gasteiger partial charge in [-0.05, 0) is 36.8 Å². The molecule has 136 valence electrons. The molecular weight excluding hydrogens is 333 g/mol. The minimum absolute atomic E-state index is 0.0000651. The van der Waals surface area contributed by atoms with Crippen LogP contribution in [0.4, 0.5) is 9.18 Å². The summed E-state index contributed by atoms with van der Waals surface area (Å²) in [5.41, 5.74) is 2.57. The van der Waals surface area contributed by atoms with Crippen LogP contribution < -0.4 is 5.32 Å². The molecule has 0 spiro atoms. The fourth-order valence-electron chi connectivity index (χ4n) is 2.97. The normalized spacial score (nSPS) is 14.2. The molecule has 0 saturated carbocycles. The lowest BCUT2D eigenvalue weighted by Crippen LogP contribution is -2.53. The van der Waals surface area contributed by atoms with Gasteiger partial charge in [0.25, 0.3) is 5.91 Å². The maximum atomic E-state index is 12.9. The Labute approximate surface area is 152 Å². The third kappa shape index (κ3) is 4.39. The van der Waals surface area contributed by atoms with E-state index < -0.39 is 0 Å². The number of amides is 3. The Morgan fingerprint density at radius 2 is 1.65 bits per heavy atom. The Bertz CT molecular complexity index is 784. The lowest BCUT2D eigenvalue weighted by Gasteiger charge is -2.34. The summed E-state index contributed by atoms with van der Waals surface area (Å²) in [7, 11) is 0. The van der Waals surface area contributed by atoms with E-state index in [4.69, 9.17) is 0 Å². The molecule has 0 aromatic heterocycles. The van der Waals surface area contributed by atoms with Crippen LogP contribution >= 0.6 is 0 Å². The van der Waals surface area contributed by atoms with Crippen LogP contribution in [0, 0.1) is 12.7 Å². The second kappa shape index (κ2) is 7.99. The maximum absolute atomic E-state index is 12.9. The number of benzene rings is 2. The van der Waals surface area contributed by atoms with Gasteiger partial charge >= 0.3 is 6.03 Å². The summed E-state index contributed by atoms with van der Waals surface area (Å²) >= 11 is 0. The first-order valence-corrected chi connectivity index (χ1v) is 8.66. The van der Waals surface area contributed by atoms with Gasteiger partial charge in [0.05, 0.1) is 0 Å². The number of carbonyl (C=O) groups is 2. The minimum atomic E-state index is -0.297. The molecule has 6 heteroatoms. The molecule has 1 heterocycles. The van der Waals surface area contributed by atoms with Crippen molar-refractivity contribution in [1.82, 2.24) is 15.1 Å². The summed E-state index contributed by atoms with van der Waals surface area (Å²) < 4.78 is 12.9. The number of nitrogens with zero attached hydrogens (tertiary/aromatic N) is 2. The zero-order valence-electron chi connectivity index (χ0n) is 14.7. The number of piperazine rings is 1. The average Bonchev–Trinajstić information content (AvgIpc) is 2.67. The summed E-state index contributed by atoms with van der Waals surface area (Å²) in [5, 5.41) is 2.83. The molecule has 0 atom stereocenters. The van der Waals surface area contributed by atoms with E-state index in [1.54, 1.807) is 21.9 Å². The standard InChI is InChI=1S/C20H22FN3O2/c1-15-3-2-4-17(13-15)19(25)23-9-11-24(12-10-23)20(26)22-14-16-5-7-18(21)8-6-16/h2-8,13H,9-12,14H2,1H3,(H,22,26). The molecule has 2 aromatic rings. The highest BCUT2D eigenvalue weighted by Crippen LogP contribution is 2.11. The fourth-order valence-corrected chi connectivity index (χ4v) is 2.97. The van der Waals surface area contributed by atoms with Gasteiger partial charge in [0.2, 0.25) is 0 Å². The van der Waals surface area contributed by atoms with Crippen molar-refractivity contribution in [2.45, 2.75) is 13.5 Å². The van der Waals surface area contributed by atoms with Crippen LogP contribution in [-0.2, 0) is 6.54 Å². The Balaban J connectivity index is 1.49. The molecule has 0 unspecified atom stereocenters. The molecule has 1 fully saturated rings. The second-order valence-electron chi connectivity index (χ2n) is 6.43. The first-order chi connectivity index (χ1) is 12.5. The predicted octanol–water partition coefficient (Wildman–Crippen LogP) is 2.80. The summed E-state index contributed by atoms with van der Waals surface area (Å²) in [5.74, 6) is -0.297. The van der Waals surface area contributed by atoms with Crippen molar-refractivity contribution in [2.75, 3.05) is 26.2 Å². The molecule has 0 bridgehead atoms. The van der Waals surface area contributed by atoms with Crippen LogP contribution in [0.1, 0.15) is 21.5 Å². The molecule has 26 heavy (non-hydrogen) atoms. The molecule has 1 N–H and O–H groups in total. The van der Waals surface area contributed by atoms with Crippen molar-refractivity contribution in [1.29, 1.82) is 0 Å². The molecule has 5 nitrogen and oxygen atoms in total. The Hall–Kier alpha value is -2.89. The first-order valence-electron chi connectivity index (χ1n) is 8.66. The number of hydrogen-bond donors (Lipinski definition) is 1. The highest BCUT2D eigenvalue weighted by molar-refractivity contribution is 5.94. The van der Waals surface area contributed by atoms with E-state index in [-0.39, 0.29) is 17.8 Å².